The molecule has 4 nitrogen and oxygen atoms in total. The Morgan fingerprint density at radius 2 is 2.25 bits per heavy atom. The molecular formula is C15H24N4S. The van der Waals surface area contributed by atoms with Gasteiger partial charge in [-0.05, 0) is 50.6 Å². The number of aromatic nitrogens is 2. The van der Waals surface area contributed by atoms with Crippen LogP contribution in [-0.2, 0) is 6.42 Å². The van der Waals surface area contributed by atoms with Crippen LogP contribution < -0.4 is 5.73 Å². The lowest BCUT2D eigenvalue weighted by atomic mass is 10.2. The lowest BCUT2D eigenvalue weighted by Gasteiger charge is -2.23. The van der Waals surface area contributed by atoms with Gasteiger partial charge < -0.3 is 15.6 Å². The summed E-state index contributed by atoms with van der Waals surface area (Å²) in [4.78, 5) is 10.4. The quantitative estimate of drug-likeness (QED) is 0.770. The molecule has 110 valence electrons. The van der Waals surface area contributed by atoms with Gasteiger partial charge in [0, 0.05) is 24.7 Å². The van der Waals surface area contributed by atoms with E-state index in [1.54, 1.807) is 0 Å². The number of imidazole rings is 1. The van der Waals surface area contributed by atoms with Crippen molar-refractivity contribution in [3.8, 4) is 0 Å². The molecule has 0 amide bonds. The maximum Gasteiger partial charge on any atom is 0.108 e. The first kappa shape index (κ1) is 15.2. The number of thioether (sulfide) groups is 1. The first-order valence-electron chi connectivity index (χ1n) is 7.03. The van der Waals surface area contributed by atoms with Gasteiger partial charge in [-0.2, -0.15) is 11.8 Å². The lowest BCUT2D eigenvalue weighted by molar-refractivity contribution is 0.255. The molecule has 20 heavy (non-hydrogen) atoms. The summed E-state index contributed by atoms with van der Waals surface area (Å²) < 4.78 is 0. The van der Waals surface area contributed by atoms with Gasteiger partial charge in [0.15, 0.2) is 0 Å². The largest absolute Gasteiger partial charge is 0.399 e. The van der Waals surface area contributed by atoms with E-state index in [1.165, 1.54) is 12.2 Å². The van der Waals surface area contributed by atoms with Gasteiger partial charge >= 0.3 is 0 Å². The van der Waals surface area contributed by atoms with Crippen LogP contribution in [0.1, 0.15) is 19.2 Å². The highest BCUT2D eigenvalue weighted by atomic mass is 32.2. The van der Waals surface area contributed by atoms with E-state index in [9.17, 15) is 0 Å². The summed E-state index contributed by atoms with van der Waals surface area (Å²) in [6, 6.07) is 6.41. The molecule has 2 rings (SSSR count). The first-order valence-corrected chi connectivity index (χ1v) is 8.43. The van der Waals surface area contributed by atoms with Gasteiger partial charge in [0.05, 0.1) is 11.0 Å². The Morgan fingerprint density at radius 1 is 1.45 bits per heavy atom. The monoisotopic (exact) mass is 292 g/mol. The molecule has 2 aromatic rings. The second-order valence-corrected chi connectivity index (χ2v) is 6.31. The molecule has 0 saturated heterocycles. The third kappa shape index (κ3) is 3.90. The molecule has 3 N–H and O–H groups in total. The van der Waals surface area contributed by atoms with Crippen LogP contribution in [0.3, 0.4) is 0 Å². The summed E-state index contributed by atoms with van der Waals surface area (Å²) in [5, 5.41) is 0. The number of hydrogen-bond acceptors (Lipinski definition) is 4. The van der Waals surface area contributed by atoms with E-state index in [1.807, 2.05) is 30.0 Å². The van der Waals surface area contributed by atoms with Gasteiger partial charge in [-0.25, -0.2) is 4.98 Å². The molecule has 1 heterocycles. The van der Waals surface area contributed by atoms with Crippen LogP contribution in [0.15, 0.2) is 18.2 Å². The van der Waals surface area contributed by atoms with Crippen LogP contribution in [0, 0.1) is 0 Å². The first-order chi connectivity index (χ1) is 9.60. The van der Waals surface area contributed by atoms with Crippen LogP contribution in [0.5, 0.6) is 0 Å². The lowest BCUT2D eigenvalue weighted by Crippen LogP contribution is -2.31. The fraction of sp³-hybridized carbons (Fsp3) is 0.533. The number of likely N-dealkylation sites (N-methyl/N-ethyl adjacent to an activating group) is 1. The molecule has 0 spiro atoms. The Hall–Kier alpha value is -1.20. The third-order valence-corrected chi connectivity index (χ3v) is 4.39. The maximum atomic E-state index is 5.78. The topological polar surface area (TPSA) is 57.9 Å². The minimum Gasteiger partial charge on any atom is -0.399 e. The average molecular weight is 292 g/mol. The summed E-state index contributed by atoms with van der Waals surface area (Å²) in [5.74, 6) is 2.25. The highest BCUT2D eigenvalue weighted by Crippen LogP contribution is 2.15. The Kier molecular flexibility index (Phi) is 5.31. The van der Waals surface area contributed by atoms with Crippen molar-refractivity contribution in [1.29, 1.82) is 0 Å². The van der Waals surface area contributed by atoms with Crippen molar-refractivity contribution in [3.05, 3.63) is 24.0 Å². The normalized spacial score (nSPS) is 13.2. The summed E-state index contributed by atoms with van der Waals surface area (Å²) in [7, 11) is 2.19. The Balaban J connectivity index is 1.92. The van der Waals surface area contributed by atoms with E-state index < -0.39 is 0 Å². The number of nitrogens with one attached hydrogen (secondary N) is 1. The highest BCUT2D eigenvalue weighted by molar-refractivity contribution is 7.98. The van der Waals surface area contributed by atoms with Crippen LogP contribution in [0.2, 0.25) is 0 Å². The number of nitrogens with zero attached hydrogens (tertiary/aromatic N) is 2. The predicted octanol–water partition coefficient (Wildman–Crippen LogP) is 2.76. The molecule has 0 aliphatic carbocycles. The fourth-order valence-electron chi connectivity index (χ4n) is 2.21. The van der Waals surface area contributed by atoms with E-state index in [4.69, 9.17) is 5.73 Å². The molecule has 0 fully saturated rings. The van der Waals surface area contributed by atoms with Crippen LogP contribution in [-0.4, -0.2) is 46.5 Å². The van der Waals surface area contributed by atoms with Crippen LogP contribution >= 0.6 is 11.8 Å². The van der Waals surface area contributed by atoms with Gasteiger partial charge in [0.1, 0.15) is 5.82 Å². The number of nitrogens with two attached hydrogens (primary N) is 1. The number of anilines is 1. The molecule has 5 heteroatoms. The molecule has 1 aromatic carbocycles. The van der Waals surface area contributed by atoms with Crippen molar-refractivity contribution in [2.24, 2.45) is 0 Å². The zero-order valence-corrected chi connectivity index (χ0v) is 13.3. The number of nitrogen functional groups attached to an aromatic ring is 1. The maximum absolute atomic E-state index is 5.78. The van der Waals surface area contributed by atoms with Gasteiger partial charge in [0.25, 0.3) is 0 Å². The number of hydrogen-bond donors (Lipinski definition) is 2. The number of H-pyrrole nitrogens is 1. The van der Waals surface area contributed by atoms with Gasteiger partial charge in [-0.3, -0.25) is 0 Å². The molecule has 0 aliphatic rings. The number of rotatable bonds is 7. The molecule has 0 radical (unpaired) electrons. The number of aromatic amines is 1. The van der Waals surface area contributed by atoms with E-state index in [0.29, 0.717) is 6.04 Å². The zero-order chi connectivity index (χ0) is 14.5. The molecule has 0 bridgehead atoms. The summed E-state index contributed by atoms with van der Waals surface area (Å²) in [5.41, 5.74) is 8.58. The smallest absolute Gasteiger partial charge is 0.108 e. The van der Waals surface area contributed by atoms with E-state index in [2.05, 4.69) is 35.1 Å². The van der Waals surface area contributed by atoms with E-state index >= 15 is 0 Å². The molecule has 1 aromatic heterocycles. The Labute approximate surface area is 125 Å². The van der Waals surface area contributed by atoms with E-state index in [0.717, 1.165) is 35.5 Å². The Morgan fingerprint density at radius 3 is 3.00 bits per heavy atom. The van der Waals surface area contributed by atoms with Gasteiger partial charge in [-0.1, -0.05) is 0 Å². The molecule has 1 unspecified atom stereocenters. The summed E-state index contributed by atoms with van der Waals surface area (Å²) >= 11 is 1.91. The van der Waals surface area contributed by atoms with Crippen molar-refractivity contribution in [2.45, 2.75) is 25.8 Å². The number of benzene rings is 1. The standard InChI is InChI=1S/C15H24N4S/c1-11(7-9-20-3)19(2)8-6-15-17-13-5-4-12(16)10-14(13)18-15/h4-5,10-11H,6-9,16H2,1-3H3,(H,17,18). The number of fused-ring (bicyclic) bond motifs is 1. The zero-order valence-electron chi connectivity index (χ0n) is 12.5. The van der Waals surface area contributed by atoms with Gasteiger partial charge in [0.2, 0.25) is 0 Å². The van der Waals surface area contributed by atoms with Crippen molar-refractivity contribution in [3.63, 3.8) is 0 Å². The van der Waals surface area contributed by atoms with E-state index in [-0.39, 0.29) is 0 Å². The average Bonchev–Trinajstić information content (AvgIpc) is 2.83. The van der Waals surface area contributed by atoms with Crippen molar-refractivity contribution in [2.75, 3.05) is 31.3 Å². The summed E-state index contributed by atoms with van der Waals surface area (Å²) in [6.45, 7) is 3.31. The fourth-order valence-corrected chi connectivity index (χ4v) is 2.79. The predicted molar refractivity (Wildman–Crippen MR) is 89.3 cm³/mol. The molecular weight excluding hydrogens is 268 g/mol. The molecule has 0 saturated carbocycles. The SMILES string of the molecule is CSCCC(C)N(C)CCc1nc2ccc(N)cc2[nH]1. The molecule has 1 atom stereocenters. The molecule has 0 aliphatic heterocycles. The van der Waals surface area contributed by atoms with Gasteiger partial charge in [-0.15, -0.1) is 0 Å². The second-order valence-electron chi connectivity index (χ2n) is 5.32. The van der Waals surface area contributed by atoms with Crippen molar-refractivity contribution in [1.82, 2.24) is 14.9 Å². The van der Waals surface area contributed by atoms with Crippen LogP contribution in [0.25, 0.3) is 11.0 Å². The minimum atomic E-state index is 0.613. The Bertz CT molecular complexity index is 552. The van der Waals surface area contributed by atoms with Crippen molar-refractivity contribution >= 4 is 28.5 Å². The second kappa shape index (κ2) is 6.99. The van der Waals surface area contributed by atoms with Crippen molar-refractivity contribution < 1.29 is 0 Å². The third-order valence-electron chi connectivity index (χ3n) is 3.75. The minimum absolute atomic E-state index is 0.613. The highest BCUT2D eigenvalue weighted by Gasteiger charge is 2.10. The summed E-state index contributed by atoms with van der Waals surface area (Å²) in [6.07, 6.45) is 4.33. The van der Waals surface area contributed by atoms with Crippen LogP contribution in [0.4, 0.5) is 5.69 Å².